The lowest BCUT2D eigenvalue weighted by Gasteiger charge is -2.10. The summed E-state index contributed by atoms with van der Waals surface area (Å²) in [6, 6.07) is 14.8. The van der Waals surface area contributed by atoms with Crippen molar-refractivity contribution in [1.29, 1.82) is 5.26 Å². The van der Waals surface area contributed by atoms with E-state index < -0.39 is 0 Å². The van der Waals surface area contributed by atoms with Gasteiger partial charge in [0.15, 0.2) is 5.82 Å². The van der Waals surface area contributed by atoms with E-state index in [9.17, 15) is 0 Å². The molecule has 0 atom stereocenters. The standard InChI is InChI=1S/C17H13ClN6/c1-11-13(18)6-4-8-14(11)22-17-23-16(10-20-24-17)21-15-7-3-2-5-12(15)9-19/h2-8,10H,1H3,(H2,21,22,23,24). The van der Waals surface area contributed by atoms with Crippen molar-refractivity contribution in [3.63, 3.8) is 0 Å². The molecule has 0 bridgehead atoms. The second kappa shape index (κ2) is 6.94. The number of nitriles is 1. The van der Waals surface area contributed by atoms with Gasteiger partial charge in [-0.2, -0.15) is 15.3 Å². The lowest BCUT2D eigenvalue weighted by Crippen LogP contribution is -2.04. The minimum atomic E-state index is 0.333. The van der Waals surface area contributed by atoms with Gasteiger partial charge in [-0.15, -0.1) is 5.10 Å². The van der Waals surface area contributed by atoms with Crippen LogP contribution in [0.5, 0.6) is 0 Å². The van der Waals surface area contributed by atoms with E-state index in [4.69, 9.17) is 16.9 Å². The van der Waals surface area contributed by atoms with Gasteiger partial charge in [-0.25, -0.2) is 0 Å². The van der Waals surface area contributed by atoms with Crippen molar-refractivity contribution in [2.24, 2.45) is 0 Å². The third-order valence-corrected chi connectivity index (χ3v) is 3.79. The summed E-state index contributed by atoms with van der Waals surface area (Å²) in [5.41, 5.74) is 2.89. The van der Waals surface area contributed by atoms with E-state index in [1.54, 1.807) is 18.2 Å². The second-order valence-electron chi connectivity index (χ2n) is 4.99. The molecule has 0 saturated carbocycles. The Kier molecular flexibility index (Phi) is 4.54. The lowest BCUT2D eigenvalue weighted by atomic mass is 10.2. The molecule has 3 aromatic rings. The first-order chi connectivity index (χ1) is 11.7. The van der Waals surface area contributed by atoms with Crippen molar-refractivity contribution in [2.75, 3.05) is 10.6 Å². The molecule has 0 aliphatic rings. The first kappa shape index (κ1) is 15.7. The number of halogens is 1. The van der Waals surface area contributed by atoms with Crippen molar-refractivity contribution >= 4 is 34.7 Å². The highest BCUT2D eigenvalue weighted by Crippen LogP contribution is 2.25. The molecule has 0 aliphatic carbocycles. The molecule has 6 nitrogen and oxygen atoms in total. The van der Waals surface area contributed by atoms with Crippen LogP contribution in [-0.4, -0.2) is 15.2 Å². The zero-order valence-corrected chi connectivity index (χ0v) is 13.5. The van der Waals surface area contributed by atoms with Crippen LogP contribution in [0.3, 0.4) is 0 Å². The molecule has 2 N–H and O–H groups in total. The highest BCUT2D eigenvalue weighted by molar-refractivity contribution is 6.31. The monoisotopic (exact) mass is 336 g/mol. The average molecular weight is 337 g/mol. The molecule has 0 unspecified atom stereocenters. The van der Waals surface area contributed by atoms with E-state index >= 15 is 0 Å². The number of rotatable bonds is 4. The first-order valence-electron chi connectivity index (χ1n) is 7.15. The van der Waals surface area contributed by atoms with Crippen molar-refractivity contribution in [3.05, 3.63) is 64.8 Å². The number of anilines is 4. The van der Waals surface area contributed by atoms with Gasteiger partial charge < -0.3 is 10.6 Å². The Bertz CT molecular complexity index is 919. The van der Waals surface area contributed by atoms with Crippen LogP contribution in [0.2, 0.25) is 5.02 Å². The first-order valence-corrected chi connectivity index (χ1v) is 7.53. The maximum absolute atomic E-state index is 9.14. The Morgan fingerprint density at radius 3 is 2.67 bits per heavy atom. The Morgan fingerprint density at radius 1 is 1.04 bits per heavy atom. The van der Waals surface area contributed by atoms with E-state index in [1.165, 1.54) is 6.20 Å². The molecule has 1 aromatic heterocycles. The summed E-state index contributed by atoms with van der Waals surface area (Å²) in [4.78, 5) is 4.36. The molecule has 0 radical (unpaired) electrons. The van der Waals surface area contributed by atoms with Crippen LogP contribution in [0.1, 0.15) is 11.1 Å². The van der Waals surface area contributed by atoms with Gasteiger partial charge in [0.1, 0.15) is 6.07 Å². The molecular formula is C17H13ClN6. The average Bonchev–Trinajstić information content (AvgIpc) is 2.60. The van der Waals surface area contributed by atoms with Gasteiger partial charge in [0, 0.05) is 10.7 Å². The number of hydrogen-bond donors (Lipinski definition) is 2. The smallest absolute Gasteiger partial charge is 0.249 e. The molecule has 3 rings (SSSR count). The molecular weight excluding hydrogens is 324 g/mol. The molecule has 0 fully saturated rings. The molecule has 0 saturated heterocycles. The normalized spacial score (nSPS) is 10.0. The minimum absolute atomic E-state index is 0.333. The minimum Gasteiger partial charge on any atom is -0.338 e. The largest absolute Gasteiger partial charge is 0.338 e. The van der Waals surface area contributed by atoms with Crippen molar-refractivity contribution < 1.29 is 0 Å². The van der Waals surface area contributed by atoms with Crippen molar-refractivity contribution in [1.82, 2.24) is 15.2 Å². The fourth-order valence-corrected chi connectivity index (χ4v) is 2.28. The molecule has 0 aliphatic heterocycles. The summed E-state index contributed by atoms with van der Waals surface area (Å²) in [5, 5.41) is 23.9. The van der Waals surface area contributed by atoms with Gasteiger partial charge in [-0.1, -0.05) is 29.8 Å². The molecule has 24 heavy (non-hydrogen) atoms. The number of nitrogens with one attached hydrogen (secondary N) is 2. The summed E-state index contributed by atoms with van der Waals surface area (Å²) < 4.78 is 0. The second-order valence-corrected chi connectivity index (χ2v) is 5.39. The Labute approximate surface area is 144 Å². The summed E-state index contributed by atoms with van der Waals surface area (Å²) in [6.45, 7) is 1.91. The maximum Gasteiger partial charge on any atom is 0.249 e. The van der Waals surface area contributed by atoms with E-state index in [-0.39, 0.29) is 0 Å². The number of benzene rings is 2. The summed E-state index contributed by atoms with van der Waals surface area (Å²) in [7, 11) is 0. The van der Waals surface area contributed by atoms with Crippen LogP contribution in [0.4, 0.5) is 23.1 Å². The molecule has 0 amide bonds. The van der Waals surface area contributed by atoms with Gasteiger partial charge in [-0.05, 0) is 36.8 Å². The summed E-state index contributed by atoms with van der Waals surface area (Å²) in [5.74, 6) is 0.815. The lowest BCUT2D eigenvalue weighted by molar-refractivity contribution is 0.981. The van der Waals surface area contributed by atoms with Crippen LogP contribution in [-0.2, 0) is 0 Å². The predicted molar refractivity (Wildman–Crippen MR) is 93.7 cm³/mol. The number of aromatic nitrogens is 3. The molecule has 7 heteroatoms. The highest BCUT2D eigenvalue weighted by atomic mass is 35.5. The highest BCUT2D eigenvalue weighted by Gasteiger charge is 2.07. The van der Waals surface area contributed by atoms with E-state index in [0.717, 1.165) is 11.3 Å². The summed E-state index contributed by atoms with van der Waals surface area (Å²) in [6.07, 6.45) is 1.49. The molecule has 1 heterocycles. The van der Waals surface area contributed by atoms with Gasteiger partial charge in [0.25, 0.3) is 0 Å². The van der Waals surface area contributed by atoms with Crippen LogP contribution >= 0.6 is 11.6 Å². The zero-order chi connectivity index (χ0) is 16.9. The van der Waals surface area contributed by atoms with Gasteiger partial charge in [0.05, 0.1) is 17.4 Å². The molecule has 118 valence electrons. The third-order valence-electron chi connectivity index (χ3n) is 3.38. The van der Waals surface area contributed by atoms with Gasteiger partial charge in [-0.3, -0.25) is 0 Å². The van der Waals surface area contributed by atoms with Crippen molar-refractivity contribution in [3.8, 4) is 6.07 Å². The SMILES string of the molecule is Cc1c(Cl)cccc1Nc1nncc(Nc2ccccc2C#N)n1. The number of nitrogens with zero attached hydrogens (tertiary/aromatic N) is 4. The van der Waals surface area contributed by atoms with E-state index in [0.29, 0.717) is 28.0 Å². The van der Waals surface area contributed by atoms with Crippen LogP contribution in [0, 0.1) is 18.3 Å². The van der Waals surface area contributed by atoms with Crippen molar-refractivity contribution in [2.45, 2.75) is 6.92 Å². The maximum atomic E-state index is 9.14. The topological polar surface area (TPSA) is 86.5 Å². The van der Waals surface area contributed by atoms with Crippen LogP contribution < -0.4 is 10.6 Å². The Balaban J connectivity index is 1.84. The number of para-hydroxylation sites is 1. The fourth-order valence-electron chi connectivity index (χ4n) is 2.11. The summed E-state index contributed by atoms with van der Waals surface area (Å²) >= 11 is 6.11. The van der Waals surface area contributed by atoms with E-state index in [2.05, 4.69) is 31.9 Å². The third kappa shape index (κ3) is 3.42. The molecule has 2 aromatic carbocycles. The fraction of sp³-hybridized carbons (Fsp3) is 0.0588. The van der Waals surface area contributed by atoms with Crippen LogP contribution in [0.15, 0.2) is 48.7 Å². The predicted octanol–water partition coefficient (Wildman–Crippen LogP) is 4.19. The van der Waals surface area contributed by atoms with Gasteiger partial charge >= 0.3 is 0 Å². The Morgan fingerprint density at radius 2 is 1.83 bits per heavy atom. The molecule has 0 spiro atoms. The number of hydrogen-bond acceptors (Lipinski definition) is 6. The Hall–Kier alpha value is -3.17. The van der Waals surface area contributed by atoms with Crippen LogP contribution in [0.25, 0.3) is 0 Å². The van der Waals surface area contributed by atoms with Gasteiger partial charge in [0.2, 0.25) is 5.95 Å². The zero-order valence-electron chi connectivity index (χ0n) is 12.8. The van der Waals surface area contributed by atoms with E-state index in [1.807, 2.05) is 31.2 Å². The quantitative estimate of drug-likeness (QED) is 0.742.